The fraction of sp³-hybridized carbons (Fsp3) is 0.0556. The van der Waals surface area contributed by atoms with Crippen molar-refractivity contribution >= 4 is 38.7 Å². The molecule has 7 nitrogen and oxygen atoms in total. The number of benzene rings is 2. The molecule has 0 bridgehead atoms. The van der Waals surface area contributed by atoms with Gasteiger partial charge in [0, 0.05) is 22.0 Å². The molecule has 3 rings (SSSR count). The van der Waals surface area contributed by atoms with Gasteiger partial charge in [-0.2, -0.15) is 0 Å². The molecule has 2 amide bonds. The number of amides is 2. The van der Waals surface area contributed by atoms with Crippen LogP contribution < -0.4 is 16.4 Å². The summed E-state index contributed by atoms with van der Waals surface area (Å²) in [7, 11) is 0. The maximum absolute atomic E-state index is 12.3. The maximum atomic E-state index is 12.3. The Kier molecular flexibility index (Phi) is 5.15. The van der Waals surface area contributed by atoms with E-state index in [-0.39, 0.29) is 17.7 Å². The molecule has 8 heteroatoms. The van der Waals surface area contributed by atoms with E-state index in [2.05, 4.69) is 21.2 Å². The van der Waals surface area contributed by atoms with E-state index in [1.807, 2.05) is 0 Å². The highest BCUT2D eigenvalue weighted by atomic mass is 79.9. The molecule has 132 valence electrons. The third-order valence-electron chi connectivity index (χ3n) is 3.68. The van der Waals surface area contributed by atoms with Crippen LogP contribution in [0.5, 0.6) is 0 Å². The molecule has 0 fully saturated rings. The fourth-order valence-corrected chi connectivity index (χ4v) is 2.80. The average molecular weight is 417 g/mol. The van der Waals surface area contributed by atoms with Gasteiger partial charge in [-0.05, 0) is 42.0 Å². The van der Waals surface area contributed by atoms with Gasteiger partial charge in [0.25, 0.3) is 11.8 Å². The highest BCUT2D eigenvalue weighted by molar-refractivity contribution is 9.10. The molecule has 3 aromatic rings. The van der Waals surface area contributed by atoms with Crippen molar-refractivity contribution in [3.63, 3.8) is 0 Å². The number of hydrogen-bond donors (Lipinski definition) is 3. The number of halogens is 1. The van der Waals surface area contributed by atoms with Gasteiger partial charge in [0.05, 0.1) is 0 Å². The molecule has 1 aromatic heterocycles. The second kappa shape index (κ2) is 7.51. The normalized spacial score (nSPS) is 10.5. The van der Waals surface area contributed by atoms with Crippen LogP contribution in [0, 0.1) is 0 Å². The lowest BCUT2D eigenvalue weighted by Crippen LogP contribution is -2.28. The smallest absolute Gasteiger partial charge is 0.349 e. The Hall–Kier alpha value is -2.97. The number of nitrogens with one attached hydrogen (secondary N) is 2. The van der Waals surface area contributed by atoms with E-state index in [9.17, 15) is 14.4 Å². The monoisotopic (exact) mass is 416 g/mol. The van der Waals surface area contributed by atoms with Gasteiger partial charge in [-0.3, -0.25) is 14.8 Å². The second-order valence-electron chi connectivity index (χ2n) is 5.45. The third-order valence-corrected chi connectivity index (χ3v) is 4.18. The summed E-state index contributed by atoms with van der Waals surface area (Å²) in [4.78, 5) is 35.8. The van der Waals surface area contributed by atoms with Gasteiger partial charge >= 0.3 is 5.63 Å². The van der Waals surface area contributed by atoms with E-state index in [1.54, 1.807) is 35.8 Å². The van der Waals surface area contributed by atoms with E-state index in [4.69, 9.17) is 9.62 Å². The molecule has 1 heterocycles. The zero-order valence-electron chi connectivity index (χ0n) is 13.3. The first-order valence-corrected chi connectivity index (χ1v) is 8.32. The summed E-state index contributed by atoms with van der Waals surface area (Å²) in [5.41, 5.74) is 1.97. The second-order valence-corrected chi connectivity index (χ2v) is 6.37. The Morgan fingerprint density at radius 1 is 1.08 bits per heavy atom. The quantitative estimate of drug-likeness (QED) is 0.344. The van der Waals surface area contributed by atoms with Crippen molar-refractivity contribution in [1.82, 2.24) is 10.8 Å². The third kappa shape index (κ3) is 3.81. The minimum Gasteiger partial charge on any atom is -0.422 e. The van der Waals surface area contributed by atoms with Gasteiger partial charge in [-0.1, -0.05) is 28.1 Å². The Bertz CT molecular complexity index is 1060. The summed E-state index contributed by atoms with van der Waals surface area (Å²) in [5.74, 6) is -1.24. The summed E-state index contributed by atoms with van der Waals surface area (Å²) in [5, 5.41) is 11.9. The summed E-state index contributed by atoms with van der Waals surface area (Å²) in [6.45, 7) is 0.0986. The van der Waals surface area contributed by atoms with Crippen molar-refractivity contribution in [3.8, 4) is 0 Å². The summed E-state index contributed by atoms with van der Waals surface area (Å²) in [6, 6.07) is 12.9. The van der Waals surface area contributed by atoms with Gasteiger partial charge in [0.1, 0.15) is 11.1 Å². The predicted octanol–water partition coefficient (Wildman–Crippen LogP) is 2.60. The molecule has 26 heavy (non-hydrogen) atoms. The number of carbonyl (C=O) groups is 2. The van der Waals surface area contributed by atoms with Crippen LogP contribution in [0.4, 0.5) is 0 Å². The zero-order valence-corrected chi connectivity index (χ0v) is 14.9. The standard InChI is InChI=1S/C18H13BrN2O5/c19-13-4-5-15-12(7-13)8-14(18(24)26-15)17(23)20-9-10-2-1-3-11(6-10)16(22)21-25/h1-8,25H,9H2,(H,20,23)(H,21,22). The SMILES string of the molecule is O=C(NO)c1cccc(CNC(=O)c2cc3cc(Br)ccc3oc2=O)c1. The Morgan fingerprint density at radius 3 is 2.65 bits per heavy atom. The van der Waals surface area contributed by atoms with Crippen LogP contribution >= 0.6 is 15.9 Å². The number of fused-ring (bicyclic) bond motifs is 1. The molecule has 0 aliphatic heterocycles. The van der Waals surface area contributed by atoms with Crippen molar-refractivity contribution in [3.05, 3.63) is 80.1 Å². The van der Waals surface area contributed by atoms with E-state index in [0.29, 0.717) is 16.5 Å². The molecule has 0 saturated heterocycles. The first-order chi connectivity index (χ1) is 12.5. The van der Waals surface area contributed by atoms with Crippen LogP contribution in [-0.4, -0.2) is 17.0 Å². The first kappa shape index (κ1) is 17.8. The van der Waals surface area contributed by atoms with Crippen molar-refractivity contribution < 1.29 is 19.2 Å². The molecule has 0 aliphatic carbocycles. The Balaban J connectivity index is 1.80. The van der Waals surface area contributed by atoms with E-state index in [0.717, 1.165) is 4.47 Å². The molecule has 0 radical (unpaired) electrons. The van der Waals surface area contributed by atoms with Gasteiger partial charge in [0.15, 0.2) is 0 Å². The maximum Gasteiger partial charge on any atom is 0.349 e. The number of hydrogen-bond acceptors (Lipinski definition) is 5. The predicted molar refractivity (Wildman–Crippen MR) is 97.0 cm³/mol. The molecule has 3 N–H and O–H groups in total. The minimum absolute atomic E-state index is 0.0986. The first-order valence-electron chi connectivity index (χ1n) is 7.53. The highest BCUT2D eigenvalue weighted by Gasteiger charge is 2.14. The number of carbonyl (C=O) groups excluding carboxylic acids is 2. The Morgan fingerprint density at radius 2 is 1.88 bits per heavy atom. The molecule has 0 atom stereocenters. The molecule has 0 spiro atoms. The molecule has 2 aromatic carbocycles. The van der Waals surface area contributed by atoms with Gasteiger partial charge in [-0.25, -0.2) is 10.3 Å². The van der Waals surface area contributed by atoms with Gasteiger partial charge < -0.3 is 9.73 Å². The van der Waals surface area contributed by atoms with Crippen LogP contribution in [-0.2, 0) is 6.54 Å². The van der Waals surface area contributed by atoms with Crippen molar-refractivity contribution in [2.75, 3.05) is 0 Å². The largest absolute Gasteiger partial charge is 0.422 e. The van der Waals surface area contributed by atoms with Crippen LogP contribution in [0.2, 0.25) is 0 Å². The molecule has 0 unspecified atom stereocenters. The van der Waals surface area contributed by atoms with Crippen LogP contribution in [0.15, 0.2) is 62.2 Å². The molecular formula is C18H13BrN2O5. The lowest BCUT2D eigenvalue weighted by Gasteiger charge is -2.07. The van der Waals surface area contributed by atoms with Crippen LogP contribution in [0.25, 0.3) is 11.0 Å². The summed E-state index contributed by atoms with van der Waals surface area (Å²) < 4.78 is 5.96. The number of hydroxylamine groups is 1. The number of rotatable bonds is 4. The van der Waals surface area contributed by atoms with Gasteiger partial charge in [-0.15, -0.1) is 0 Å². The summed E-state index contributed by atoms with van der Waals surface area (Å²) in [6.07, 6.45) is 0. The van der Waals surface area contributed by atoms with E-state index in [1.165, 1.54) is 18.2 Å². The average Bonchev–Trinajstić information content (AvgIpc) is 2.65. The van der Waals surface area contributed by atoms with Gasteiger partial charge in [0.2, 0.25) is 0 Å². The minimum atomic E-state index is -0.731. The van der Waals surface area contributed by atoms with Crippen LogP contribution in [0.1, 0.15) is 26.3 Å². The lowest BCUT2D eigenvalue weighted by molar-refractivity contribution is 0.0706. The molecular weight excluding hydrogens is 404 g/mol. The van der Waals surface area contributed by atoms with E-state index >= 15 is 0 Å². The van der Waals surface area contributed by atoms with E-state index < -0.39 is 17.4 Å². The highest BCUT2D eigenvalue weighted by Crippen LogP contribution is 2.19. The summed E-state index contributed by atoms with van der Waals surface area (Å²) >= 11 is 3.33. The molecule has 0 saturated carbocycles. The molecule has 0 aliphatic rings. The topological polar surface area (TPSA) is 109 Å². The van der Waals surface area contributed by atoms with Crippen molar-refractivity contribution in [2.24, 2.45) is 0 Å². The van der Waals surface area contributed by atoms with Crippen molar-refractivity contribution in [2.45, 2.75) is 6.54 Å². The van der Waals surface area contributed by atoms with Crippen LogP contribution in [0.3, 0.4) is 0 Å². The Labute approximate surface area is 155 Å². The zero-order chi connectivity index (χ0) is 18.7. The fourth-order valence-electron chi connectivity index (χ4n) is 2.42. The lowest BCUT2D eigenvalue weighted by atomic mass is 10.1. The van der Waals surface area contributed by atoms with Crippen molar-refractivity contribution in [1.29, 1.82) is 0 Å².